The fourth-order valence-electron chi connectivity index (χ4n) is 1.74. The lowest BCUT2D eigenvalue weighted by molar-refractivity contribution is -0.384. The van der Waals surface area contributed by atoms with Gasteiger partial charge in [0.25, 0.3) is 5.69 Å². The molecule has 0 radical (unpaired) electrons. The van der Waals surface area contributed by atoms with E-state index in [2.05, 4.69) is 10.3 Å². The number of nitrogens with one attached hydrogen (secondary N) is 1. The first-order valence-electron chi connectivity index (χ1n) is 5.58. The molecule has 19 heavy (non-hydrogen) atoms. The van der Waals surface area contributed by atoms with Gasteiger partial charge in [-0.1, -0.05) is 6.07 Å². The zero-order valence-corrected chi connectivity index (χ0v) is 10.2. The van der Waals surface area contributed by atoms with Crippen LogP contribution in [0.5, 0.6) is 0 Å². The van der Waals surface area contributed by atoms with Crippen molar-refractivity contribution in [3.8, 4) is 0 Å². The fourth-order valence-corrected chi connectivity index (χ4v) is 1.74. The predicted molar refractivity (Wildman–Crippen MR) is 70.2 cm³/mol. The van der Waals surface area contributed by atoms with E-state index in [1.165, 1.54) is 16.8 Å². The van der Waals surface area contributed by atoms with E-state index in [1.807, 2.05) is 0 Å². The van der Waals surface area contributed by atoms with E-state index in [-0.39, 0.29) is 17.9 Å². The SMILES string of the molecule is CNc1ccc(Cn2cccnc2=O)cc1[N+](=O)[O-]. The molecular formula is C12H12N4O3. The third-order valence-electron chi connectivity index (χ3n) is 2.66. The Bertz CT molecular complexity index is 666. The van der Waals surface area contributed by atoms with Crippen LogP contribution in [0.4, 0.5) is 11.4 Å². The Balaban J connectivity index is 2.37. The Kier molecular flexibility index (Phi) is 3.56. The molecule has 98 valence electrons. The van der Waals surface area contributed by atoms with Crippen molar-refractivity contribution in [1.82, 2.24) is 9.55 Å². The van der Waals surface area contributed by atoms with Crippen LogP contribution in [-0.4, -0.2) is 21.5 Å². The summed E-state index contributed by atoms with van der Waals surface area (Å²) in [5, 5.41) is 13.7. The van der Waals surface area contributed by atoms with Gasteiger partial charge in [-0.15, -0.1) is 0 Å². The normalized spacial score (nSPS) is 10.2. The molecule has 0 unspecified atom stereocenters. The van der Waals surface area contributed by atoms with E-state index >= 15 is 0 Å². The van der Waals surface area contributed by atoms with Crippen LogP contribution in [0.3, 0.4) is 0 Å². The minimum Gasteiger partial charge on any atom is -0.383 e. The molecule has 0 bridgehead atoms. The van der Waals surface area contributed by atoms with Crippen LogP contribution >= 0.6 is 0 Å². The number of nitro groups is 1. The van der Waals surface area contributed by atoms with Gasteiger partial charge in [0.2, 0.25) is 0 Å². The van der Waals surface area contributed by atoms with Crippen molar-refractivity contribution < 1.29 is 4.92 Å². The van der Waals surface area contributed by atoms with Crippen LogP contribution in [0.2, 0.25) is 0 Å². The smallest absolute Gasteiger partial charge is 0.347 e. The average Bonchev–Trinajstić information content (AvgIpc) is 2.41. The highest BCUT2D eigenvalue weighted by molar-refractivity contribution is 5.62. The molecule has 2 aromatic rings. The first-order valence-corrected chi connectivity index (χ1v) is 5.58. The number of hydrogen-bond donors (Lipinski definition) is 1. The number of anilines is 1. The number of hydrogen-bond acceptors (Lipinski definition) is 5. The zero-order chi connectivity index (χ0) is 13.8. The molecule has 1 aromatic carbocycles. The highest BCUT2D eigenvalue weighted by Crippen LogP contribution is 2.25. The van der Waals surface area contributed by atoms with Gasteiger partial charge >= 0.3 is 5.69 Å². The molecule has 0 aliphatic heterocycles. The van der Waals surface area contributed by atoms with Gasteiger partial charge in [-0.2, -0.15) is 0 Å². The maximum Gasteiger partial charge on any atom is 0.347 e. The summed E-state index contributed by atoms with van der Waals surface area (Å²) in [5.41, 5.74) is 0.702. The third-order valence-corrected chi connectivity index (χ3v) is 2.66. The Labute approximate surface area is 108 Å². The van der Waals surface area contributed by atoms with E-state index in [4.69, 9.17) is 0 Å². The third kappa shape index (κ3) is 2.76. The fraction of sp³-hybridized carbons (Fsp3) is 0.167. The molecule has 0 spiro atoms. The molecule has 0 saturated carbocycles. The van der Waals surface area contributed by atoms with Crippen molar-refractivity contribution >= 4 is 11.4 Å². The maximum atomic E-state index is 11.5. The van der Waals surface area contributed by atoms with Crippen LogP contribution in [0.1, 0.15) is 5.56 Å². The highest BCUT2D eigenvalue weighted by atomic mass is 16.6. The topological polar surface area (TPSA) is 90.1 Å². The van der Waals surface area contributed by atoms with Gasteiger partial charge in [0, 0.05) is 25.5 Å². The largest absolute Gasteiger partial charge is 0.383 e. The molecule has 0 saturated heterocycles. The molecule has 1 N–H and O–H groups in total. The highest BCUT2D eigenvalue weighted by Gasteiger charge is 2.13. The molecule has 2 rings (SSSR count). The molecule has 0 aliphatic carbocycles. The molecule has 7 nitrogen and oxygen atoms in total. The molecule has 0 fully saturated rings. The molecule has 0 atom stereocenters. The summed E-state index contributed by atoms with van der Waals surface area (Å²) in [5.74, 6) is 0. The lowest BCUT2D eigenvalue weighted by atomic mass is 10.1. The van der Waals surface area contributed by atoms with Crippen molar-refractivity contribution in [3.05, 3.63) is 62.8 Å². The van der Waals surface area contributed by atoms with Crippen LogP contribution in [0, 0.1) is 10.1 Å². The summed E-state index contributed by atoms with van der Waals surface area (Å²) in [6, 6.07) is 6.44. The van der Waals surface area contributed by atoms with Gasteiger partial charge in [0.1, 0.15) is 5.69 Å². The lowest BCUT2D eigenvalue weighted by Gasteiger charge is -2.07. The Hall–Kier alpha value is -2.70. The Morgan fingerprint density at radius 2 is 2.26 bits per heavy atom. The Morgan fingerprint density at radius 1 is 1.47 bits per heavy atom. The van der Waals surface area contributed by atoms with E-state index < -0.39 is 4.92 Å². The van der Waals surface area contributed by atoms with Crippen LogP contribution in [-0.2, 0) is 6.54 Å². The van der Waals surface area contributed by atoms with Crippen molar-refractivity contribution in [2.45, 2.75) is 6.54 Å². The second kappa shape index (κ2) is 5.30. The number of nitrogens with zero attached hydrogens (tertiary/aromatic N) is 3. The molecule has 7 heteroatoms. The minimum atomic E-state index is -0.457. The first-order chi connectivity index (χ1) is 9.11. The van der Waals surface area contributed by atoms with Gasteiger partial charge in [-0.3, -0.25) is 14.7 Å². The summed E-state index contributed by atoms with van der Waals surface area (Å²) in [6.07, 6.45) is 3.00. The quantitative estimate of drug-likeness (QED) is 0.659. The standard InChI is InChI=1S/C12H12N4O3/c1-13-10-4-3-9(7-11(10)16(18)19)8-15-6-2-5-14-12(15)17/h2-7,13H,8H2,1H3. The Morgan fingerprint density at radius 3 is 2.89 bits per heavy atom. The van der Waals surface area contributed by atoms with Crippen LogP contribution in [0.25, 0.3) is 0 Å². The monoisotopic (exact) mass is 260 g/mol. The average molecular weight is 260 g/mol. The van der Waals surface area contributed by atoms with Gasteiger partial charge in [-0.25, -0.2) is 9.78 Å². The molecule has 0 amide bonds. The number of rotatable bonds is 4. The molecule has 0 aliphatic rings. The van der Waals surface area contributed by atoms with E-state index in [0.717, 1.165) is 0 Å². The van der Waals surface area contributed by atoms with Gasteiger partial charge in [0.05, 0.1) is 11.5 Å². The molecule has 1 heterocycles. The zero-order valence-electron chi connectivity index (χ0n) is 10.2. The van der Waals surface area contributed by atoms with Crippen molar-refractivity contribution in [1.29, 1.82) is 0 Å². The van der Waals surface area contributed by atoms with Crippen molar-refractivity contribution in [2.24, 2.45) is 0 Å². The van der Waals surface area contributed by atoms with Gasteiger partial charge < -0.3 is 5.32 Å². The maximum absolute atomic E-state index is 11.5. The van der Waals surface area contributed by atoms with E-state index in [0.29, 0.717) is 11.3 Å². The number of benzene rings is 1. The van der Waals surface area contributed by atoms with Gasteiger partial charge in [0.15, 0.2) is 0 Å². The summed E-state index contributed by atoms with van der Waals surface area (Å²) in [4.78, 5) is 25.6. The van der Waals surface area contributed by atoms with E-state index in [9.17, 15) is 14.9 Å². The first kappa shape index (κ1) is 12.7. The summed E-state index contributed by atoms with van der Waals surface area (Å²) in [6.45, 7) is 0.248. The molecular weight excluding hydrogens is 248 g/mol. The summed E-state index contributed by atoms with van der Waals surface area (Å²) >= 11 is 0. The minimum absolute atomic E-state index is 0.0167. The van der Waals surface area contributed by atoms with Crippen molar-refractivity contribution in [2.75, 3.05) is 12.4 Å². The van der Waals surface area contributed by atoms with Crippen molar-refractivity contribution in [3.63, 3.8) is 0 Å². The van der Waals surface area contributed by atoms with E-state index in [1.54, 1.807) is 31.4 Å². The molecule has 1 aromatic heterocycles. The summed E-state index contributed by atoms with van der Waals surface area (Å²) in [7, 11) is 1.62. The van der Waals surface area contributed by atoms with Crippen LogP contribution in [0.15, 0.2) is 41.5 Å². The number of aromatic nitrogens is 2. The second-order valence-electron chi connectivity index (χ2n) is 3.89. The lowest BCUT2D eigenvalue weighted by Crippen LogP contribution is -2.21. The second-order valence-corrected chi connectivity index (χ2v) is 3.89. The number of nitro benzene ring substituents is 1. The predicted octanol–water partition coefficient (Wildman–Crippen LogP) is 1.24. The summed E-state index contributed by atoms with van der Waals surface area (Å²) < 4.78 is 1.39. The van der Waals surface area contributed by atoms with Gasteiger partial charge in [-0.05, 0) is 17.7 Å². The van der Waals surface area contributed by atoms with Crippen LogP contribution < -0.4 is 11.0 Å².